The van der Waals surface area contributed by atoms with Crippen LogP contribution in [0, 0.1) is 6.92 Å². The molecule has 0 saturated heterocycles. The van der Waals surface area contributed by atoms with Crippen LogP contribution in [0.25, 0.3) is 11.4 Å². The van der Waals surface area contributed by atoms with E-state index in [1.165, 1.54) is 6.20 Å². The first-order chi connectivity index (χ1) is 11.5. The molecule has 2 aromatic rings. The molecule has 0 N–H and O–H groups in total. The van der Waals surface area contributed by atoms with Gasteiger partial charge in [0, 0.05) is 30.9 Å². The van der Waals surface area contributed by atoms with Crippen LogP contribution in [0.15, 0.2) is 16.7 Å². The minimum absolute atomic E-state index is 0.0773. The summed E-state index contributed by atoms with van der Waals surface area (Å²) in [7, 11) is -1.28. The van der Waals surface area contributed by atoms with E-state index in [4.69, 9.17) is 4.74 Å². The molecule has 138 valence electrons. The van der Waals surface area contributed by atoms with Crippen LogP contribution in [0.5, 0.6) is 0 Å². The van der Waals surface area contributed by atoms with Gasteiger partial charge in [-0.15, -0.1) is 5.10 Å². The third-order valence-electron chi connectivity index (χ3n) is 3.42. The second-order valence-electron chi connectivity index (χ2n) is 6.90. The van der Waals surface area contributed by atoms with Crippen LogP contribution in [0.4, 0.5) is 13.2 Å². The lowest BCUT2D eigenvalue weighted by molar-refractivity contribution is -0.145. The van der Waals surface area contributed by atoms with Crippen LogP contribution in [0.1, 0.15) is 11.5 Å². The van der Waals surface area contributed by atoms with E-state index in [0.717, 1.165) is 16.4 Å². The van der Waals surface area contributed by atoms with E-state index in [1.807, 2.05) is 0 Å². The predicted molar refractivity (Wildman–Crippen MR) is 94.8 cm³/mol. The average Bonchev–Trinajstić information content (AvgIpc) is 2.90. The number of halogens is 4. The molecule has 0 aromatic carbocycles. The van der Waals surface area contributed by atoms with Crippen molar-refractivity contribution in [2.45, 2.75) is 45.5 Å². The van der Waals surface area contributed by atoms with Crippen LogP contribution in [-0.2, 0) is 17.6 Å². The largest absolute Gasteiger partial charge is 0.453 e. The normalized spacial score (nSPS) is 12.6. The third kappa shape index (κ3) is 5.61. The van der Waals surface area contributed by atoms with Gasteiger partial charge in [-0.05, 0) is 35.0 Å². The Balaban J connectivity index is 2.27. The zero-order valence-corrected chi connectivity index (χ0v) is 17.1. The van der Waals surface area contributed by atoms with Crippen LogP contribution >= 0.6 is 15.9 Å². The first kappa shape index (κ1) is 20.1. The van der Waals surface area contributed by atoms with Crippen LogP contribution in [0.2, 0.25) is 25.7 Å². The number of nitrogens with zero attached hydrogens (tertiary/aromatic N) is 4. The lowest BCUT2D eigenvalue weighted by Crippen LogP contribution is -2.22. The maximum Gasteiger partial charge on any atom is 0.453 e. The molecule has 0 bridgehead atoms. The van der Waals surface area contributed by atoms with Gasteiger partial charge < -0.3 is 4.74 Å². The fourth-order valence-electron chi connectivity index (χ4n) is 1.92. The van der Waals surface area contributed by atoms with Gasteiger partial charge in [0.2, 0.25) is 0 Å². The van der Waals surface area contributed by atoms with E-state index >= 15 is 0 Å². The molecule has 0 aliphatic carbocycles. The third-order valence-corrected chi connectivity index (χ3v) is 5.93. The number of pyridine rings is 1. The van der Waals surface area contributed by atoms with E-state index in [2.05, 4.69) is 50.6 Å². The highest BCUT2D eigenvalue weighted by molar-refractivity contribution is 9.10. The van der Waals surface area contributed by atoms with E-state index in [1.54, 1.807) is 13.0 Å². The van der Waals surface area contributed by atoms with Crippen molar-refractivity contribution >= 4 is 24.0 Å². The lowest BCUT2D eigenvalue weighted by Gasteiger charge is -2.15. The van der Waals surface area contributed by atoms with E-state index in [9.17, 15) is 13.2 Å². The Kier molecular flexibility index (Phi) is 6.05. The molecule has 2 rings (SSSR count). The monoisotopic (exact) mass is 436 g/mol. The van der Waals surface area contributed by atoms with E-state index in [-0.39, 0.29) is 12.6 Å². The number of aromatic nitrogens is 4. The Morgan fingerprint density at radius 3 is 2.52 bits per heavy atom. The van der Waals surface area contributed by atoms with E-state index in [0.29, 0.717) is 16.6 Å². The summed E-state index contributed by atoms with van der Waals surface area (Å²) in [6.45, 7) is 8.79. The SMILES string of the molecule is Cc1ncc(-c2nc(C(F)(F)F)nn2COCC[Si](C)(C)C)cc1Br. The van der Waals surface area contributed by atoms with Crippen molar-refractivity contribution in [3.8, 4) is 11.4 Å². The molecule has 25 heavy (non-hydrogen) atoms. The summed E-state index contributed by atoms with van der Waals surface area (Å²) in [5, 5.41) is 3.57. The molecule has 10 heteroatoms. The van der Waals surface area contributed by atoms with Gasteiger partial charge in [-0.2, -0.15) is 13.2 Å². The maximum atomic E-state index is 13.0. The molecule has 0 atom stereocenters. The van der Waals surface area contributed by atoms with Gasteiger partial charge in [0.05, 0.1) is 5.69 Å². The average molecular weight is 437 g/mol. The Morgan fingerprint density at radius 1 is 1.28 bits per heavy atom. The summed E-state index contributed by atoms with van der Waals surface area (Å²) in [6.07, 6.45) is -3.14. The second-order valence-corrected chi connectivity index (χ2v) is 13.4. The second kappa shape index (κ2) is 7.54. The number of aryl methyl sites for hydroxylation is 1. The summed E-state index contributed by atoms with van der Waals surface area (Å²) in [4.78, 5) is 7.80. The molecular weight excluding hydrogens is 417 g/mol. The molecule has 0 saturated carbocycles. The summed E-state index contributed by atoms with van der Waals surface area (Å²) >= 11 is 3.33. The molecule has 2 aromatic heterocycles. The minimum atomic E-state index is -4.62. The van der Waals surface area contributed by atoms with Crippen molar-refractivity contribution in [3.05, 3.63) is 28.3 Å². The van der Waals surface area contributed by atoms with Crippen molar-refractivity contribution < 1.29 is 17.9 Å². The van der Waals surface area contributed by atoms with Gasteiger partial charge in [0.1, 0.15) is 6.73 Å². The summed E-state index contributed by atoms with van der Waals surface area (Å²) in [5.41, 5.74) is 1.17. The Labute approximate surface area is 153 Å². The van der Waals surface area contributed by atoms with E-state index < -0.39 is 20.1 Å². The number of hydrogen-bond donors (Lipinski definition) is 0. The molecule has 0 fully saturated rings. The van der Waals surface area contributed by atoms with Gasteiger partial charge in [-0.25, -0.2) is 9.67 Å². The van der Waals surface area contributed by atoms with Gasteiger partial charge in [-0.3, -0.25) is 4.98 Å². The first-order valence-electron chi connectivity index (χ1n) is 7.70. The zero-order chi connectivity index (χ0) is 18.8. The summed E-state index contributed by atoms with van der Waals surface area (Å²) in [6, 6.07) is 2.59. The van der Waals surface area contributed by atoms with Crippen molar-refractivity contribution in [2.24, 2.45) is 0 Å². The number of ether oxygens (including phenoxy) is 1. The quantitative estimate of drug-likeness (QED) is 0.484. The van der Waals surface area contributed by atoms with Gasteiger partial charge in [0.25, 0.3) is 5.82 Å². The Bertz CT molecular complexity index is 743. The first-order valence-corrected chi connectivity index (χ1v) is 12.2. The molecule has 2 heterocycles. The van der Waals surface area contributed by atoms with Gasteiger partial charge in [0.15, 0.2) is 5.82 Å². The highest BCUT2D eigenvalue weighted by Gasteiger charge is 2.37. The minimum Gasteiger partial charge on any atom is -0.359 e. The standard InChI is InChI=1S/C15H20BrF3N4OSi/c1-10-12(16)7-11(8-20-10)13-21-14(15(17,18)19)22-23(13)9-24-5-6-25(2,3)4/h7-8H,5-6,9H2,1-4H3. The molecule has 0 radical (unpaired) electrons. The summed E-state index contributed by atoms with van der Waals surface area (Å²) in [5.74, 6) is -1.11. The van der Waals surface area contributed by atoms with Gasteiger partial charge >= 0.3 is 6.18 Å². The predicted octanol–water partition coefficient (Wildman–Crippen LogP) is 4.74. The Morgan fingerprint density at radius 2 is 1.96 bits per heavy atom. The van der Waals surface area contributed by atoms with Crippen LogP contribution < -0.4 is 0 Å². The fourth-order valence-corrected chi connectivity index (χ4v) is 3.03. The molecule has 0 spiro atoms. The number of hydrogen-bond acceptors (Lipinski definition) is 4. The van der Waals surface area contributed by atoms with Crippen molar-refractivity contribution in [3.63, 3.8) is 0 Å². The van der Waals surface area contributed by atoms with Crippen LogP contribution in [-0.4, -0.2) is 34.4 Å². The molecular formula is C15H20BrF3N4OSi. The van der Waals surface area contributed by atoms with Crippen molar-refractivity contribution in [1.82, 2.24) is 19.7 Å². The van der Waals surface area contributed by atoms with Crippen molar-refractivity contribution in [1.29, 1.82) is 0 Å². The molecule has 0 amide bonds. The smallest absolute Gasteiger partial charge is 0.359 e. The highest BCUT2D eigenvalue weighted by Crippen LogP contribution is 2.30. The lowest BCUT2D eigenvalue weighted by atomic mass is 10.2. The fraction of sp³-hybridized carbons (Fsp3) is 0.533. The number of alkyl halides is 3. The highest BCUT2D eigenvalue weighted by atomic mass is 79.9. The molecule has 0 aliphatic rings. The Hall–Kier alpha value is -1.26. The van der Waals surface area contributed by atoms with Gasteiger partial charge in [-0.1, -0.05) is 19.6 Å². The molecule has 0 aliphatic heterocycles. The molecule has 5 nitrogen and oxygen atoms in total. The zero-order valence-electron chi connectivity index (χ0n) is 14.5. The summed E-state index contributed by atoms with van der Waals surface area (Å²) < 4.78 is 46.3. The van der Waals surface area contributed by atoms with Crippen molar-refractivity contribution in [2.75, 3.05) is 6.61 Å². The maximum absolute atomic E-state index is 13.0. The number of rotatable bonds is 6. The topological polar surface area (TPSA) is 52.8 Å². The van der Waals surface area contributed by atoms with Crippen LogP contribution in [0.3, 0.4) is 0 Å². The molecule has 0 unspecified atom stereocenters.